The Labute approximate surface area is 96.8 Å². The van der Waals surface area contributed by atoms with E-state index >= 15 is 0 Å². The van der Waals surface area contributed by atoms with Crippen LogP contribution in [0.5, 0.6) is 0 Å². The van der Waals surface area contributed by atoms with Crippen LogP contribution in [0.15, 0.2) is 24.3 Å². The van der Waals surface area contributed by atoms with E-state index in [9.17, 15) is 0 Å². The van der Waals surface area contributed by atoms with E-state index in [-0.39, 0.29) is 0 Å². The average molecular weight is 224 g/mol. The number of rotatable bonds is 3. The molecule has 0 spiro atoms. The van der Waals surface area contributed by atoms with Crippen LogP contribution < -0.4 is 5.32 Å². The smallest absolute Gasteiger partial charge is 0.0440 e. The van der Waals surface area contributed by atoms with E-state index < -0.39 is 0 Å². The van der Waals surface area contributed by atoms with Crippen molar-refractivity contribution in [2.24, 2.45) is 0 Å². The molecular formula is C13H18ClN. The normalized spacial score (nSPS) is 25.7. The predicted molar refractivity (Wildman–Crippen MR) is 65.5 cm³/mol. The van der Waals surface area contributed by atoms with Crippen LogP contribution in [0.3, 0.4) is 0 Å². The molecule has 1 nitrogen and oxygen atoms in total. The number of nitrogens with one attached hydrogen (secondary N) is 1. The monoisotopic (exact) mass is 223 g/mol. The summed E-state index contributed by atoms with van der Waals surface area (Å²) in [7, 11) is 0. The summed E-state index contributed by atoms with van der Waals surface area (Å²) in [6.45, 7) is 3.24. The topological polar surface area (TPSA) is 12.0 Å². The van der Waals surface area contributed by atoms with Gasteiger partial charge in [-0.2, -0.15) is 0 Å². The Morgan fingerprint density at radius 3 is 2.87 bits per heavy atom. The molecule has 0 saturated heterocycles. The molecule has 1 aromatic carbocycles. The maximum atomic E-state index is 6.21. The van der Waals surface area contributed by atoms with Gasteiger partial charge in [-0.15, -0.1) is 0 Å². The second-order valence-electron chi connectivity index (χ2n) is 4.29. The van der Waals surface area contributed by atoms with Gasteiger partial charge >= 0.3 is 0 Å². The van der Waals surface area contributed by atoms with Crippen molar-refractivity contribution in [2.75, 3.05) is 6.54 Å². The SMILES string of the molecule is CCNC1CCC(c2ccccc2Cl)C1. The highest BCUT2D eigenvalue weighted by molar-refractivity contribution is 6.31. The van der Waals surface area contributed by atoms with Gasteiger partial charge in [0, 0.05) is 11.1 Å². The summed E-state index contributed by atoms with van der Waals surface area (Å²) in [5, 5.41) is 4.45. The lowest BCUT2D eigenvalue weighted by molar-refractivity contribution is 0.535. The lowest BCUT2D eigenvalue weighted by Gasteiger charge is -2.13. The summed E-state index contributed by atoms with van der Waals surface area (Å²) < 4.78 is 0. The van der Waals surface area contributed by atoms with Gasteiger partial charge in [-0.3, -0.25) is 0 Å². The molecule has 2 unspecified atom stereocenters. The summed E-state index contributed by atoms with van der Waals surface area (Å²) in [6.07, 6.45) is 3.78. The highest BCUT2D eigenvalue weighted by atomic mass is 35.5. The van der Waals surface area contributed by atoms with Gasteiger partial charge in [0.15, 0.2) is 0 Å². The van der Waals surface area contributed by atoms with Gasteiger partial charge in [0.05, 0.1) is 0 Å². The van der Waals surface area contributed by atoms with Crippen molar-refractivity contribution >= 4 is 11.6 Å². The summed E-state index contributed by atoms with van der Waals surface area (Å²) in [5.74, 6) is 0.655. The first-order valence-corrected chi connectivity index (χ1v) is 6.17. The van der Waals surface area contributed by atoms with Crippen molar-refractivity contribution in [3.05, 3.63) is 34.9 Å². The predicted octanol–water partition coefficient (Wildman–Crippen LogP) is 3.59. The molecule has 2 heteroatoms. The highest BCUT2D eigenvalue weighted by Gasteiger charge is 2.26. The Hall–Kier alpha value is -0.530. The molecule has 1 aliphatic carbocycles. The molecule has 2 rings (SSSR count). The van der Waals surface area contributed by atoms with E-state index in [0.717, 1.165) is 11.6 Å². The van der Waals surface area contributed by atoms with Crippen LogP contribution in [0, 0.1) is 0 Å². The first kappa shape index (κ1) is 11.0. The third-order valence-electron chi connectivity index (χ3n) is 3.27. The van der Waals surface area contributed by atoms with Gasteiger partial charge in [-0.1, -0.05) is 36.7 Å². The third-order valence-corrected chi connectivity index (χ3v) is 3.61. The van der Waals surface area contributed by atoms with Crippen molar-refractivity contribution in [1.29, 1.82) is 0 Å². The lowest BCUT2D eigenvalue weighted by atomic mass is 9.97. The number of halogens is 1. The fraction of sp³-hybridized carbons (Fsp3) is 0.538. The summed E-state index contributed by atoms with van der Waals surface area (Å²) in [4.78, 5) is 0. The van der Waals surface area contributed by atoms with E-state index in [1.807, 2.05) is 12.1 Å². The Kier molecular flexibility index (Phi) is 3.66. The molecule has 82 valence electrons. The number of hydrogen-bond acceptors (Lipinski definition) is 1. The van der Waals surface area contributed by atoms with Gasteiger partial charge in [0.1, 0.15) is 0 Å². The quantitative estimate of drug-likeness (QED) is 0.826. The largest absolute Gasteiger partial charge is 0.314 e. The second-order valence-corrected chi connectivity index (χ2v) is 4.69. The number of benzene rings is 1. The van der Waals surface area contributed by atoms with Crippen LogP contribution in [0.2, 0.25) is 5.02 Å². The fourth-order valence-electron chi connectivity index (χ4n) is 2.54. The minimum absolute atomic E-state index is 0.655. The highest BCUT2D eigenvalue weighted by Crippen LogP contribution is 2.37. The molecule has 0 radical (unpaired) electrons. The molecule has 1 aromatic rings. The van der Waals surface area contributed by atoms with Gasteiger partial charge in [0.25, 0.3) is 0 Å². The minimum atomic E-state index is 0.655. The van der Waals surface area contributed by atoms with Gasteiger partial charge in [-0.25, -0.2) is 0 Å². The van der Waals surface area contributed by atoms with E-state index in [1.54, 1.807) is 0 Å². The van der Waals surface area contributed by atoms with Crippen LogP contribution in [-0.4, -0.2) is 12.6 Å². The van der Waals surface area contributed by atoms with E-state index in [1.165, 1.54) is 24.8 Å². The standard InChI is InChI=1S/C13H18ClN/c1-2-15-11-8-7-10(9-11)12-5-3-4-6-13(12)14/h3-6,10-11,15H,2,7-9H2,1H3. The molecule has 0 amide bonds. The van der Waals surface area contributed by atoms with E-state index in [2.05, 4.69) is 24.4 Å². The van der Waals surface area contributed by atoms with Crippen molar-refractivity contribution in [3.8, 4) is 0 Å². The Morgan fingerprint density at radius 2 is 2.13 bits per heavy atom. The van der Waals surface area contributed by atoms with E-state index in [0.29, 0.717) is 12.0 Å². The molecule has 0 bridgehead atoms. The van der Waals surface area contributed by atoms with Crippen LogP contribution in [0.4, 0.5) is 0 Å². The average Bonchev–Trinajstić information content (AvgIpc) is 2.68. The fourth-order valence-corrected chi connectivity index (χ4v) is 2.83. The van der Waals surface area contributed by atoms with Crippen molar-refractivity contribution < 1.29 is 0 Å². The second kappa shape index (κ2) is 5.00. The van der Waals surface area contributed by atoms with Gasteiger partial charge in [-0.05, 0) is 43.4 Å². The van der Waals surface area contributed by atoms with E-state index in [4.69, 9.17) is 11.6 Å². The molecule has 0 aliphatic heterocycles. The number of hydrogen-bond donors (Lipinski definition) is 1. The molecule has 0 aromatic heterocycles. The first-order valence-electron chi connectivity index (χ1n) is 5.79. The van der Waals surface area contributed by atoms with Crippen LogP contribution in [0.25, 0.3) is 0 Å². The molecule has 15 heavy (non-hydrogen) atoms. The molecule has 2 atom stereocenters. The van der Waals surface area contributed by atoms with Crippen LogP contribution in [-0.2, 0) is 0 Å². The molecule has 1 fully saturated rings. The Morgan fingerprint density at radius 1 is 1.33 bits per heavy atom. The summed E-state index contributed by atoms with van der Waals surface area (Å²) in [6, 6.07) is 8.94. The van der Waals surface area contributed by atoms with Crippen molar-refractivity contribution in [1.82, 2.24) is 5.32 Å². The zero-order chi connectivity index (χ0) is 10.7. The molecule has 1 N–H and O–H groups in total. The maximum Gasteiger partial charge on any atom is 0.0440 e. The van der Waals surface area contributed by atoms with Crippen LogP contribution >= 0.6 is 11.6 Å². The van der Waals surface area contributed by atoms with Crippen molar-refractivity contribution in [2.45, 2.75) is 38.1 Å². The third kappa shape index (κ3) is 2.53. The lowest BCUT2D eigenvalue weighted by Crippen LogP contribution is -2.25. The molecule has 1 aliphatic rings. The first-order chi connectivity index (χ1) is 7.31. The zero-order valence-corrected chi connectivity index (χ0v) is 9.93. The summed E-state index contributed by atoms with van der Waals surface area (Å²) >= 11 is 6.21. The maximum absolute atomic E-state index is 6.21. The van der Waals surface area contributed by atoms with Crippen molar-refractivity contribution in [3.63, 3.8) is 0 Å². The Balaban J connectivity index is 2.04. The Bertz CT molecular complexity index is 324. The minimum Gasteiger partial charge on any atom is -0.314 e. The van der Waals surface area contributed by atoms with Gasteiger partial charge in [0.2, 0.25) is 0 Å². The summed E-state index contributed by atoms with van der Waals surface area (Å²) in [5.41, 5.74) is 1.33. The van der Waals surface area contributed by atoms with Crippen LogP contribution in [0.1, 0.15) is 37.7 Å². The van der Waals surface area contributed by atoms with Gasteiger partial charge < -0.3 is 5.32 Å². The molecule has 0 heterocycles. The molecule has 1 saturated carbocycles. The molecular weight excluding hydrogens is 206 g/mol. The zero-order valence-electron chi connectivity index (χ0n) is 9.17.